The van der Waals surface area contributed by atoms with Crippen molar-refractivity contribution in [1.82, 2.24) is 15.0 Å². The highest BCUT2D eigenvalue weighted by molar-refractivity contribution is 5.58. The molecule has 0 unspecified atom stereocenters. The number of nitrogens with one attached hydrogen (secondary N) is 1. The molecule has 1 heterocycles. The Bertz CT molecular complexity index is 1260. The molecule has 4 nitrogen and oxygen atoms in total. The van der Waals surface area contributed by atoms with Crippen LogP contribution in [-0.2, 0) is 10.8 Å². The Labute approximate surface area is 223 Å². The molecule has 1 N–H and O–H groups in total. The SMILES string of the molecule is Cc1ccccc1Nc1nc(C(C(F)(F)F)(C(F)(F)F)C(F)(F)F)nc(C(C(F)(F)F)(C(F)(F)F)C(F)(F)C(F)(F)F)n1. The van der Waals surface area contributed by atoms with Crippen LogP contribution in [0.1, 0.15) is 17.2 Å². The van der Waals surface area contributed by atoms with Crippen LogP contribution < -0.4 is 5.32 Å². The predicted molar refractivity (Wildman–Crippen MR) is 98.9 cm³/mol. The molecule has 1 aromatic carbocycles. The third-order valence-corrected chi connectivity index (χ3v) is 5.65. The Morgan fingerprint density at radius 2 is 0.814 bits per heavy atom. The van der Waals surface area contributed by atoms with Crippen molar-refractivity contribution in [3.05, 3.63) is 41.5 Å². The normalized spacial score (nSPS) is 15.1. The maximum atomic E-state index is 14.3. The molecule has 43 heavy (non-hydrogen) atoms. The fourth-order valence-corrected chi connectivity index (χ4v) is 3.59. The number of para-hydroxylation sites is 1. The molecule has 2 aromatic rings. The highest BCUT2D eigenvalue weighted by atomic mass is 19.4. The van der Waals surface area contributed by atoms with Crippen molar-refractivity contribution in [2.75, 3.05) is 5.32 Å². The number of rotatable bonds is 5. The first-order valence-electron chi connectivity index (χ1n) is 10.2. The Morgan fingerprint density at radius 1 is 0.465 bits per heavy atom. The summed E-state index contributed by atoms with van der Waals surface area (Å²) >= 11 is 0. The summed E-state index contributed by atoms with van der Waals surface area (Å²) in [6, 6.07) is 3.64. The van der Waals surface area contributed by atoms with Crippen molar-refractivity contribution in [3.8, 4) is 0 Å². The lowest BCUT2D eigenvalue weighted by Gasteiger charge is -2.42. The van der Waals surface area contributed by atoms with Crippen LogP contribution in [0.4, 0.5) is 99.4 Å². The van der Waals surface area contributed by atoms with E-state index in [1.54, 1.807) is 0 Å². The Balaban J connectivity index is 3.40. The molecule has 0 aliphatic rings. The second kappa shape index (κ2) is 10.1. The van der Waals surface area contributed by atoms with E-state index in [0.29, 0.717) is 6.07 Å². The monoisotopic (exact) mass is 672 g/mol. The summed E-state index contributed by atoms with van der Waals surface area (Å²) in [5, 5.41) is 1.32. The van der Waals surface area contributed by atoms with Gasteiger partial charge in [-0.25, -0.2) is 4.98 Å². The first kappa shape index (κ1) is 35.8. The minimum atomic E-state index is -8.30. The predicted octanol–water partition coefficient (Wildman–Crippen LogP) is 8.41. The van der Waals surface area contributed by atoms with Gasteiger partial charge in [-0.3, -0.25) is 0 Å². The number of anilines is 2. The molecule has 0 fully saturated rings. The molecular formula is C19H8F20N4. The average molecular weight is 672 g/mol. The fourth-order valence-electron chi connectivity index (χ4n) is 3.59. The van der Waals surface area contributed by atoms with Crippen LogP contribution in [0.25, 0.3) is 0 Å². The Hall–Kier alpha value is -3.37. The summed E-state index contributed by atoms with van der Waals surface area (Å²) < 4.78 is 274. The van der Waals surface area contributed by atoms with E-state index in [1.165, 1.54) is 10.3 Å². The van der Waals surface area contributed by atoms with E-state index in [-0.39, 0.29) is 5.56 Å². The number of halogens is 20. The molecular weight excluding hydrogens is 664 g/mol. The topological polar surface area (TPSA) is 50.7 Å². The van der Waals surface area contributed by atoms with Gasteiger partial charge in [0.1, 0.15) is 0 Å². The Morgan fingerprint density at radius 3 is 1.14 bits per heavy atom. The van der Waals surface area contributed by atoms with Crippen molar-refractivity contribution in [2.24, 2.45) is 0 Å². The summed E-state index contributed by atoms with van der Waals surface area (Å²) in [5.74, 6) is -19.4. The summed E-state index contributed by atoms with van der Waals surface area (Å²) in [7, 11) is 0. The molecule has 2 rings (SSSR count). The van der Waals surface area contributed by atoms with Crippen molar-refractivity contribution in [1.29, 1.82) is 0 Å². The zero-order valence-electron chi connectivity index (χ0n) is 19.7. The molecule has 0 amide bonds. The van der Waals surface area contributed by atoms with E-state index in [0.717, 1.165) is 25.1 Å². The quantitative estimate of drug-likeness (QED) is 0.325. The molecule has 0 spiro atoms. The fraction of sp³-hybridized carbons (Fsp3) is 0.526. The van der Waals surface area contributed by atoms with Crippen molar-refractivity contribution in [3.63, 3.8) is 0 Å². The maximum absolute atomic E-state index is 14.3. The van der Waals surface area contributed by atoms with Gasteiger partial charge in [0.15, 0.2) is 11.6 Å². The van der Waals surface area contributed by atoms with Gasteiger partial charge in [0.2, 0.25) is 5.95 Å². The maximum Gasteiger partial charge on any atom is 0.455 e. The number of aryl methyl sites for hydroxylation is 1. The minimum absolute atomic E-state index is 0.279. The number of hydrogen-bond donors (Lipinski definition) is 1. The highest BCUT2D eigenvalue weighted by Crippen LogP contribution is 2.64. The van der Waals surface area contributed by atoms with E-state index in [9.17, 15) is 87.8 Å². The van der Waals surface area contributed by atoms with Crippen LogP contribution in [-0.4, -0.2) is 57.9 Å². The average Bonchev–Trinajstić information content (AvgIpc) is 2.69. The van der Waals surface area contributed by atoms with Crippen molar-refractivity contribution in [2.45, 2.75) is 60.7 Å². The van der Waals surface area contributed by atoms with Crippen molar-refractivity contribution >= 4 is 11.6 Å². The van der Waals surface area contributed by atoms with Gasteiger partial charge in [-0.1, -0.05) is 18.2 Å². The molecule has 0 atom stereocenters. The van der Waals surface area contributed by atoms with Gasteiger partial charge in [-0.15, -0.1) is 0 Å². The number of nitrogens with zero attached hydrogens (tertiary/aromatic N) is 3. The molecule has 1 aromatic heterocycles. The van der Waals surface area contributed by atoms with Crippen molar-refractivity contribution < 1.29 is 87.8 Å². The first-order valence-corrected chi connectivity index (χ1v) is 10.2. The molecule has 0 saturated carbocycles. The van der Waals surface area contributed by atoms with Crippen LogP contribution in [0, 0.1) is 6.92 Å². The Kier molecular flexibility index (Phi) is 8.41. The van der Waals surface area contributed by atoms with Gasteiger partial charge in [0, 0.05) is 5.69 Å². The summed E-state index contributed by atoms with van der Waals surface area (Å²) in [5.41, 5.74) is -16.7. The molecule has 0 aliphatic carbocycles. The van der Waals surface area contributed by atoms with Gasteiger partial charge >= 0.3 is 48.4 Å². The second-order valence-corrected chi connectivity index (χ2v) is 8.31. The number of hydrogen-bond acceptors (Lipinski definition) is 4. The van der Waals surface area contributed by atoms with E-state index < -0.39 is 77.1 Å². The standard InChI is InChI=1S/C19H8F20N4/c1-6-4-2-3-5-7(6)40-10-42-8(11(14(22,23)24,15(25,26)27)13(20,21)19(37,38)39)41-9(43-10)12(16(28,29)30,17(31,32)33)18(34,35)36/h2-5H,1H3,(H,40,41,42,43). The lowest BCUT2D eigenvalue weighted by Crippen LogP contribution is -2.70. The first-order chi connectivity index (χ1) is 18.8. The number of alkyl halides is 20. The van der Waals surface area contributed by atoms with Crippen LogP contribution in [0.3, 0.4) is 0 Å². The van der Waals surface area contributed by atoms with Crippen LogP contribution >= 0.6 is 0 Å². The lowest BCUT2D eigenvalue weighted by molar-refractivity contribution is -0.416. The highest BCUT2D eigenvalue weighted by Gasteiger charge is 2.92. The van der Waals surface area contributed by atoms with Gasteiger partial charge < -0.3 is 5.32 Å². The van der Waals surface area contributed by atoms with E-state index in [1.807, 2.05) is 9.97 Å². The largest absolute Gasteiger partial charge is 0.455 e. The van der Waals surface area contributed by atoms with Crippen LogP contribution in [0.15, 0.2) is 24.3 Å². The summed E-state index contributed by atoms with van der Waals surface area (Å²) in [4.78, 5) is 5.18. The lowest BCUT2D eigenvalue weighted by atomic mass is 9.77. The molecule has 244 valence electrons. The molecule has 0 aliphatic heterocycles. The summed E-state index contributed by atoms with van der Waals surface area (Å²) in [6.07, 6.45) is -47.9. The summed E-state index contributed by atoms with van der Waals surface area (Å²) in [6.45, 7) is 0.963. The number of benzene rings is 1. The minimum Gasteiger partial charge on any atom is -0.324 e. The van der Waals surface area contributed by atoms with Gasteiger partial charge in [0.25, 0.3) is 5.41 Å². The third-order valence-electron chi connectivity index (χ3n) is 5.65. The van der Waals surface area contributed by atoms with Gasteiger partial charge in [-0.2, -0.15) is 97.8 Å². The van der Waals surface area contributed by atoms with Gasteiger partial charge in [-0.05, 0) is 18.6 Å². The van der Waals surface area contributed by atoms with Gasteiger partial charge in [0.05, 0.1) is 0 Å². The zero-order valence-corrected chi connectivity index (χ0v) is 19.7. The molecule has 0 saturated heterocycles. The third kappa shape index (κ3) is 5.33. The molecule has 24 heteroatoms. The zero-order chi connectivity index (χ0) is 34.0. The van der Waals surface area contributed by atoms with Crippen LogP contribution in [0.2, 0.25) is 0 Å². The van der Waals surface area contributed by atoms with E-state index in [2.05, 4.69) is 0 Å². The van der Waals surface area contributed by atoms with Crippen LogP contribution in [0.5, 0.6) is 0 Å². The molecule has 0 bridgehead atoms. The smallest absolute Gasteiger partial charge is 0.324 e. The number of aromatic nitrogens is 3. The van der Waals surface area contributed by atoms with E-state index >= 15 is 0 Å². The van der Waals surface area contributed by atoms with E-state index in [4.69, 9.17) is 0 Å². The second-order valence-electron chi connectivity index (χ2n) is 8.31. The molecule has 0 radical (unpaired) electrons.